The normalized spacial score (nSPS) is 16.7. The van der Waals surface area contributed by atoms with E-state index in [1.165, 1.54) is 36.1 Å². The lowest BCUT2D eigenvalue weighted by Crippen LogP contribution is -2.34. The van der Waals surface area contributed by atoms with E-state index in [0.717, 1.165) is 22.6 Å². The molecule has 0 N–H and O–H groups in total. The monoisotopic (exact) mass is 324 g/mol. The first-order valence-corrected chi connectivity index (χ1v) is 9.08. The quantitative estimate of drug-likeness (QED) is 0.843. The first-order valence-electron chi connectivity index (χ1n) is 7.11. The van der Waals surface area contributed by atoms with Gasteiger partial charge in [-0.1, -0.05) is 0 Å². The van der Waals surface area contributed by atoms with Crippen LogP contribution >= 0.6 is 23.5 Å². The van der Waals surface area contributed by atoms with E-state index in [1.807, 2.05) is 17.7 Å². The van der Waals surface area contributed by atoms with Crippen LogP contribution in [-0.2, 0) is 13.6 Å². The fourth-order valence-corrected chi connectivity index (χ4v) is 4.28. The van der Waals surface area contributed by atoms with Crippen LogP contribution < -0.4 is 0 Å². The van der Waals surface area contributed by atoms with Gasteiger partial charge in [-0.05, 0) is 55.3 Å². The Morgan fingerprint density at radius 3 is 2.95 bits per heavy atom. The number of hydrogen-bond donors (Lipinski definition) is 0. The minimum absolute atomic E-state index is 0.686. The van der Waals surface area contributed by atoms with Crippen LogP contribution in [0.15, 0.2) is 33.1 Å². The molecule has 3 rings (SSSR count). The average Bonchev–Trinajstić information content (AvgIpc) is 3.10. The highest BCUT2D eigenvalue weighted by Gasteiger charge is 2.19. The van der Waals surface area contributed by atoms with Crippen LogP contribution in [0.25, 0.3) is 0 Å². The van der Waals surface area contributed by atoms with Crippen molar-refractivity contribution >= 4 is 23.5 Å². The molecule has 0 aliphatic carbocycles. The summed E-state index contributed by atoms with van der Waals surface area (Å²) in [4.78, 5) is 2.41. The zero-order valence-electron chi connectivity index (χ0n) is 12.4. The summed E-state index contributed by atoms with van der Waals surface area (Å²) in [5, 5.41) is 9.64. The van der Waals surface area contributed by atoms with E-state index >= 15 is 0 Å². The molecule has 7 heteroatoms. The molecule has 1 aliphatic rings. The van der Waals surface area contributed by atoms with Crippen molar-refractivity contribution in [3.05, 3.63) is 24.2 Å². The van der Waals surface area contributed by atoms with Crippen molar-refractivity contribution in [3.63, 3.8) is 0 Å². The van der Waals surface area contributed by atoms with Gasteiger partial charge in [0.25, 0.3) is 0 Å². The maximum absolute atomic E-state index is 5.91. The minimum Gasteiger partial charge on any atom is -0.453 e. The predicted molar refractivity (Wildman–Crippen MR) is 85.6 cm³/mol. The molecule has 114 valence electrons. The fraction of sp³-hybridized carbons (Fsp3) is 0.571. The van der Waals surface area contributed by atoms with Gasteiger partial charge < -0.3 is 8.98 Å². The molecule has 5 nitrogen and oxygen atoms in total. The highest BCUT2D eigenvalue weighted by molar-refractivity contribution is 7.99. The van der Waals surface area contributed by atoms with Crippen molar-refractivity contribution in [3.8, 4) is 0 Å². The predicted octanol–water partition coefficient (Wildman–Crippen LogP) is 2.89. The minimum atomic E-state index is 0.686. The van der Waals surface area contributed by atoms with Crippen LogP contribution in [0.5, 0.6) is 0 Å². The zero-order chi connectivity index (χ0) is 14.7. The summed E-state index contributed by atoms with van der Waals surface area (Å²) < 4.78 is 7.80. The number of hydrogen-bond acceptors (Lipinski definition) is 6. The molecule has 21 heavy (non-hydrogen) atoms. The largest absolute Gasteiger partial charge is 0.453 e. The van der Waals surface area contributed by atoms with Gasteiger partial charge in [0.2, 0.25) is 0 Å². The van der Waals surface area contributed by atoms with E-state index in [-0.39, 0.29) is 0 Å². The third kappa shape index (κ3) is 3.84. The van der Waals surface area contributed by atoms with E-state index in [0.29, 0.717) is 6.04 Å². The number of rotatable bonds is 5. The second-order valence-corrected chi connectivity index (χ2v) is 7.50. The van der Waals surface area contributed by atoms with E-state index < -0.39 is 0 Å². The van der Waals surface area contributed by atoms with Crippen molar-refractivity contribution in [2.45, 2.75) is 35.7 Å². The maximum Gasteiger partial charge on any atom is 0.198 e. The summed E-state index contributed by atoms with van der Waals surface area (Å²) in [6.07, 6.45) is 4.26. The van der Waals surface area contributed by atoms with E-state index in [2.05, 4.69) is 40.0 Å². The lowest BCUT2D eigenvalue weighted by Gasteiger charge is -2.30. The van der Waals surface area contributed by atoms with Gasteiger partial charge in [-0.3, -0.25) is 4.90 Å². The lowest BCUT2D eigenvalue weighted by molar-refractivity contribution is 0.201. The molecule has 2 aromatic rings. The second kappa shape index (κ2) is 6.89. The van der Waals surface area contributed by atoms with Crippen LogP contribution in [0.3, 0.4) is 0 Å². The van der Waals surface area contributed by atoms with Crippen LogP contribution in [0.2, 0.25) is 0 Å². The molecule has 1 saturated heterocycles. The van der Waals surface area contributed by atoms with Gasteiger partial charge in [0.05, 0.1) is 6.54 Å². The highest BCUT2D eigenvalue weighted by Crippen LogP contribution is 2.28. The van der Waals surface area contributed by atoms with Crippen molar-refractivity contribution in [2.75, 3.05) is 18.6 Å². The Morgan fingerprint density at radius 1 is 1.43 bits per heavy atom. The maximum atomic E-state index is 5.91. The van der Waals surface area contributed by atoms with E-state index in [1.54, 1.807) is 6.33 Å². The van der Waals surface area contributed by atoms with Gasteiger partial charge in [0.1, 0.15) is 12.1 Å². The molecular weight excluding hydrogens is 304 g/mol. The molecule has 3 heterocycles. The average molecular weight is 324 g/mol. The van der Waals surface area contributed by atoms with Crippen molar-refractivity contribution < 1.29 is 4.42 Å². The zero-order valence-corrected chi connectivity index (χ0v) is 14.0. The van der Waals surface area contributed by atoms with Gasteiger partial charge in [-0.25, -0.2) is 0 Å². The van der Waals surface area contributed by atoms with Crippen molar-refractivity contribution in [2.24, 2.45) is 7.05 Å². The summed E-state index contributed by atoms with van der Waals surface area (Å²) >= 11 is 3.57. The number of aromatic nitrogens is 3. The molecule has 0 amide bonds. The second-order valence-electron chi connectivity index (χ2n) is 5.31. The molecule has 0 atom stereocenters. The SMILES string of the molecule is CN(Cc1ccc(Sc2nncn2C)o1)C1CCSCC1. The van der Waals surface area contributed by atoms with Crippen LogP contribution in [0, 0.1) is 0 Å². The molecule has 1 fully saturated rings. The standard InChI is InChI=1S/C14H20N4OS2/c1-17(11-5-7-20-8-6-11)9-12-3-4-13(19-12)21-14-16-15-10-18(14)2/h3-4,10-11H,5-9H2,1-2H3. The molecule has 0 radical (unpaired) electrons. The van der Waals surface area contributed by atoms with Gasteiger partial charge in [-0.15, -0.1) is 10.2 Å². The molecular formula is C14H20N4OS2. The van der Waals surface area contributed by atoms with E-state index in [9.17, 15) is 0 Å². The summed E-state index contributed by atoms with van der Waals surface area (Å²) in [7, 11) is 4.12. The first-order chi connectivity index (χ1) is 10.2. The van der Waals surface area contributed by atoms with Crippen molar-refractivity contribution in [1.29, 1.82) is 0 Å². The lowest BCUT2D eigenvalue weighted by atomic mass is 10.1. The summed E-state index contributed by atoms with van der Waals surface area (Å²) in [5.41, 5.74) is 0. The molecule has 2 aromatic heterocycles. The van der Waals surface area contributed by atoms with Crippen LogP contribution in [-0.4, -0.2) is 44.3 Å². The van der Waals surface area contributed by atoms with Gasteiger partial charge in [-0.2, -0.15) is 11.8 Å². The first kappa shape index (κ1) is 15.0. The summed E-state index contributed by atoms with van der Waals surface area (Å²) in [6.45, 7) is 0.870. The molecule has 0 saturated carbocycles. The molecule has 0 bridgehead atoms. The Labute approximate surface area is 133 Å². The Bertz CT molecular complexity index is 577. The summed E-state index contributed by atoms with van der Waals surface area (Å²) in [6, 6.07) is 4.76. The molecule has 0 aromatic carbocycles. The third-order valence-corrected chi connectivity index (χ3v) is 5.74. The van der Waals surface area contributed by atoms with Gasteiger partial charge in [0, 0.05) is 13.1 Å². The number of nitrogens with zero attached hydrogens (tertiary/aromatic N) is 4. The van der Waals surface area contributed by atoms with Crippen LogP contribution in [0.4, 0.5) is 0 Å². The number of furan rings is 1. The Hall–Kier alpha value is -0.920. The Kier molecular flexibility index (Phi) is 4.92. The van der Waals surface area contributed by atoms with Gasteiger partial charge in [0.15, 0.2) is 10.2 Å². The molecule has 0 unspecified atom stereocenters. The molecule has 0 spiro atoms. The highest BCUT2D eigenvalue weighted by atomic mass is 32.2. The Morgan fingerprint density at radius 2 is 2.24 bits per heavy atom. The fourth-order valence-electron chi connectivity index (χ4n) is 2.45. The smallest absolute Gasteiger partial charge is 0.198 e. The van der Waals surface area contributed by atoms with Gasteiger partial charge >= 0.3 is 0 Å². The third-order valence-electron chi connectivity index (χ3n) is 3.72. The number of aryl methyl sites for hydroxylation is 1. The summed E-state index contributed by atoms with van der Waals surface area (Å²) in [5.74, 6) is 3.57. The van der Waals surface area contributed by atoms with E-state index in [4.69, 9.17) is 4.42 Å². The topological polar surface area (TPSA) is 47.1 Å². The Balaban J connectivity index is 1.58. The molecule has 1 aliphatic heterocycles. The number of thioether (sulfide) groups is 1. The van der Waals surface area contributed by atoms with Crippen LogP contribution in [0.1, 0.15) is 18.6 Å². The van der Waals surface area contributed by atoms with Crippen molar-refractivity contribution in [1.82, 2.24) is 19.7 Å².